The lowest BCUT2D eigenvalue weighted by Gasteiger charge is -2.07. The van der Waals surface area contributed by atoms with Crippen LogP contribution < -0.4 is 5.32 Å². The molecule has 1 atom stereocenters. The smallest absolute Gasteiger partial charge is 0.321 e. The van der Waals surface area contributed by atoms with Crippen molar-refractivity contribution in [3.05, 3.63) is 0 Å². The molecule has 6 nitrogen and oxygen atoms in total. The van der Waals surface area contributed by atoms with Gasteiger partial charge in [-0.15, -0.1) is 0 Å². The predicted octanol–water partition coefficient (Wildman–Crippen LogP) is -0.990. The zero-order valence-electron chi connectivity index (χ0n) is 7.98. The van der Waals surface area contributed by atoms with Crippen molar-refractivity contribution in [1.29, 1.82) is 0 Å². The Kier molecular flexibility index (Phi) is 4.55. The molecule has 2 N–H and O–H groups in total. The summed E-state index contributed by atoms with van der Waals surface area (Å²) in [4.78, 5) is 21.1. The Bertz CT molecular complexity index is 321. The Labute approximate surface area is 82.2 Å². The zero-order valence-corrected chi connectivity index (χ0v) is 8.80. The number of amides is 1. The highest BCUT2D eigenvalue weighted by molar-refractivity contribution is 7.92. The van der Waals surface area contributed by atoms with E-state index in [1.165, 1.54) is 7.05 Å². The fraction of sp³-hybridized carbons (Fsp3) is 0.714. The fourth-order valence-corrected chi connectivity index (χ4v) is 1.82. The Morgan fingerprint density at radius 3 is 2.29 bits per heavy atom. The van der Waals surface area contributed by atoms with Crippen molar-refractivity contribution in [1.82, 2.24) is 5.32 Å². The van der Waals surface area contributed by atoms with Crippen molar-refractivity contribution in [2.24, 2.45) is 0 Å². The summed E-state index contributed by atoms with van der Waals surface area (Å²) in [5.41, 5.74) is 0. The Morgan fingerprint density at radius 2 is 1.93 bits per heavy atom. The Morgan fingerprint density at radius 1 is 1.43 bits per heavy atom. The normalized spacial score (nSPS) is 13.3. The summed E-state index contributed by atoms with van der Waals surface area (Å²) < 4.78 is 22.5. The maximum absolute atomic E-state index is 11.2. The first-order valence-corrected chi connectivity index (χ1v) is 5.67. The summed E-state index contributed by atoms with van der Waals surface area (Å²) in [7, 11) is -2.34. The second kappa shape index (κ2) is 4.94. The van der Waals surface area contributed by atoms with Crippen LogP contribution in [0.5, 0.6) is 0 Å². The van der Waals surface area contributed by atoms with Crippen LogP contribution in [-0.2, 0) is 19.4 Å². The molecule has 1 amide bonds. The maximum Gasteiger partial charge on any atom is 0.321 e. The van der Waals surface area contributed by atoms with Crippen LogP contribution in [0.15, 0.2) is 0 Å². The third-order valence-corrected chi connectivity index (χ3v) is 3.83. The molecule has 0 radical (unpaired) electrons. The minimum atomic E-state index is -3.73. The fourth-order valence-electron chi connectivity index (χ4n) is 0.690. The van der Waals surface area contributed by atoms with Gasteiger partial charge >= 0.3 is 5.97 Å². The van der Waals surface area contributed by atoms with Gasteiger partial charge in [-0.1, -0.05) is 0 Å². The van der Waals surface area contributed by atoms with Crippen LogP contribution in [0.25, 0.3) is 0 Å². The van der Waals surface area contributed by atoms with E-state index in [0.717, 1.165) is 6.92 Å². The standard InChI is InChI=1S/C7H13NO5S/c1-5(7(10)11)14(12,13)4-3-6(9)8-2/h5H,3-4H2,1-2H3,(H,8,9)(H,10,11). The van der Waals surface area contributed by atoms with E-state index in [1.54, 1.807) is 0 Å². The van der Waals surface area contributed by atoms with Crippen molar-refractivity contribution >= 4 is 21.7 Å². The number of hydrogen-bond donors (Lipinski definition) is 2. The predicted molar refractivity (Wildman–Crippen MR) is 49.6 cm³/mol. The van der Waals surface area contributed by atoms with Gasteiger partial charge in [-0.3, -0.25) is 9.59 Å². The summed E-state index contributed by atoms with van der Waals surface area (Å²) >= 11 is 0. The van der Waals surface area contributed by atoms with E-state index in [0.29, 0.717) is 0 Å². The van der Waals surface area contributed by atoms with Crippen molar-refractivity contribution in [3.8, 4) is 0 Å². The van der Waals surface area contributed by atoms with Crippen LogP contribution in [-0.4, -0.2) is 43.5 Å². The number of rotatable bonds is 5. The molecular weight excluding hydrogens is 210 g/mol. The van der Waals surface area contributed by atoms with E-state index in [1.807, 2.05) is 0 Å². The molecule has 0 aromatic heterocycles. The highest BCUT2D eigenvalue weighted by atomic mass is 32.2. The molecule has 0 rings (SSSR count). The van der Waals surface area contributed by atoms with Gasteiger partial charge in [0.25, 0.3) is 0 Å². The van der Waals surface area contributed by atoms with Crippen LogP contribution in [0, 0.1) is 0 Å². The Balaban J connectivity index is 4.36. The average molecular weight is 223 g/mol. The van der Waals surface area contributed by atoms with Crippen molar-refractivity contribution in [2.75, 3.05) is 12.8 Å². The molecular formula is C7H13NO5S. The summed E-state index contributed by atoms with van der Waals surface area (Å²) in [6.45, 7) is 1.08. The second-order valence-electron chi connectivity index (χ2n) is 2.77. The van der Waals surface area contributed by atoms with Crippen LogP contribution in [0.4, 0.5) is 0 Å². The third-order valence-electron chi connectivity index (χ3n) is 1.78. The van der Waals surface area contributed by atoms with Gasteiger partial charge in [-0.25, -0.2) is 8.42 Å². The van der Waals surface area contributed by atoms with Gasteiger partial charge < -0.3 is 10.4 Å². The van der Waals surface area contributed by atoms with E-state index >= 15 is 0 Å². The number of carboxylic acid groups (broad SMARTS) is 1. The van der Waals surface area contributed by atoms with Crippen LogP contribution in [0.1, 0.15) is 13.3 Å². The molecule has 0 aliphatic heterocycles. The zero-order chi connectivity index (χ0) is 11.4. The minimum Gasteiger partial charge on any atom is -0.480 e. The summed E-state index contributed by atoms with van der Waals surface area (Å²) in [5, 5.41) is 9.25. The van der Waals surface area contributed by atoms with E-state index in [2.05, 4.69) is 5.32 Å². The van der Waals surface area contributed by atoms with Crippen LogP contribution in [0.3, 0.4) is 0 Å². The van der Waals surface area contributed by atoms with Crippen LogP contribution in [0.2, 0.25) is 0 Å². The molecule has 0 heterocycles. The topological polar surface area (TPSA) is 101 Å². The molecule has 0 spiro atoms. The van der Waals surface area contributed by atoms with Crippen molar-refractivity contribution in [2.45, 2.75) is 18.6 Å². The van der Waals surface area contributed by atoms with Gasteiger partial charge in [0.05, 0.1) is 5.75 Å². The first-order chi connectivity index (χ1) is 6.31. The molecule has 0 aliphatic carbocycles. The molecule has 0 saturated carbocycles. The van der Waals surface area contributed by atoms with Gasteiger partial charge in [-0.2, -0.15) is 0 Å². The molecule has 0 fully saturated rings. The van der Waals surface area contributed by atoms with Gasteiger partial charge in [0, 0.05) is 13.5 Å². The molecule has 14 heavy (non-hydrogen) atoms. The minimum absolute atomic E-state index is 0.212. The first kappa shape index (κ1) is 12.9. The molecule has 7 heteroatoms. The highest BCUT2D eigenvalue weighted by Gasteiger charge is 2.27. The van der Waals surface area contributed by atoms with Gasteiger partial charge in [-0.05, 0) is 6.92 Å². The number of carboxylic acids is 1. The van der Waals surface area contributed by atoms with Gasteiger partial charge in [0.15, 0.2) is 15.1 Å². The number of carbonyl (C=O) groups is 2. The number of sulfone groups is 1. The van der Waals surface area contributed by atoms with Crippen molar-refractivity contribution < 1.29 is 23.1 Å². The van der Waals surface area contributed by atoms with Gasteiger partial charge in [0.1, 0.15) is 0 Å². The average Bonchev–Trinajstić information content (AvgIpc) is 2.12. The molecule has 82 valence electrons. The number of nitrogens with one attached hydrogen (secondary N) is 1. The molecule has 0 aromatic carbocycles. The lowest BCUT2D eigenvalue weighted by Crippen LogP contribution is -2.31. The number of hydrogen-bond acceptors (Lipinski definition) is 4. The summed E-state index contributed by atoms with van der Waals surface area (Å²) in [5.74, 6) is -2.27. The van der Waals surface area contributed by atoms with E-state index in [-0.39, 0.29) is 6.42 Å². The highest BCUT2D eigenvalue weighted by Crippen LogP contribution is 2.03. The lowest BCUT2D eigenvalue weighted by atomic mass is 10.5. The number of carbonyl (C=O) groups excluding carboxylic acids is 1. The summed E-state index contributed by atoms with van der Waals surface area (Å²) in [6.07, 6.45) is -0.212. The summed E-state index contributed by atoms with van der Waals surface area (Å²) in [6, 6.07) is 0. The molecule has 0 bridgehead atoms. The second-order valence-corrected chi connectivity index (χ2v) is 5.21. The van der Waals surface area contributed by atoms with Crippen LogP contribution >= 0.6 is 0 Å². The van der Waals surface area contributed by atoms with Gasteiger partial charge in [0.2, 0.25) is 5.91 Å². The maximum atomic E-state index is 11.2. The molecule has 0 aromatic rings. The molecule has 0 saturated heterocycles. The monoisotopic (exact) mass is 223 g/mol. The third kappa shape index (κ3) is 3.73. The lowest BCUT2D eigenvalue weighted by molar-refractivity contribution is -0.136. The largest absolute Gasteiger partial charge is 0.480 e. The van der Waals surface area contributed by atoms with E-state index < -0.39 is 32.7 Å². The van der Waals surface area contributed by atoms with E-state index in [9.17, 15) is 18.0 Å². The van der Waals surface area contributed by atoms with Crippen molar-refractivity contribution in [3.63, 3.8) is 0 Å². The van der Waals surface area contributed by atoms with E-state index in [4.69, 9.17) is 5.11 Å². The Hall–Kier alpha value is -1.11. The molecule has 1 unspecified atom stereocenters. The quantitative estimate of drug-likeness (QED) is 0.623. The molecule has 0 aliphatic rings. The number of aliphatic carboxylic acids is 1. The first-order valence-electron chi connectivity index (χ1n) is 3.96. The SMILES string of the molecule is CNC(=O)CCS(=O)(=O)C(C)C(=O)O.